The van der Waals surface area contributed by atoms with Crippen LogP contribution in [0.3, 0.4) is 0 Å². The summed E-state index contributed by atoms with van der Waals surface area (Å²) < 4.78 is 27.8. The maximum atomic E-state index is 12.8. The standard InChI is InChI=1S/C22H29N3O4S2/c1-16(2)15-21(26)23-17-9-11-18(12-10-17)24-22(27)20(13-14-30-3)25-31(28,29)19-7-5-4-6-8-19/h4-12,16,20,25H,13-15H2,1-3H3,(H,23,26)(H,24,27). The van der Waals surface area contributed by atoms with Crippen LogP contribution in [0.5, 0.6) is 0 Å². The molecule has 2 amide bonds. The van der Waals surface area contributed by atoms with Crippen molar-refractivity contribution in [3.05, 3.63) is 54.6 Å². The number of amides is 2. The maximum absolute atomic E-state index is 12.8. The Bertz CT molecular complexity index is 962. The van der Waals surface area contributed by atoms with Crippen LogP contribution in [-0.4, -0.2) is 38.3 Å². The summed E-state index contributed by atoms with van der Waals surface area (Å²) in [5.41, 5.74) is 1.15. The minimum atomic E-state index is -3.83. The van der Waals surface area contributed by atoms with Gasteiger partial charge in [0.05, 0.1) is 4.90 Å². The van der Waals surface area contributed by atoms with E-state index >= 15 is 0 Å². The Morgan fingerprint density at radius 1 is 0.935 bits per heavy atom. The molecule has 1 atom stereocenters. The van der Waals surface area contributed by atoms with E-state index in [2.05, 4.69) is 15.4 Å². The average Bonchev–Trinajstić information content (AvgIpc) is 2.72. The van der Waals surface area contributed by atoms with Gasteiger partial charge >= 0.3 is 0 Å². The molecule has 9 heteroatoms. The van der Waals surface area contributed by atoms with E-state index in [1.54, 1.807) is 42.5 Å². The second-order valence-corrected chi connectivity index (χ2v) is 10.2. The summed E-state index contributed by atoms with van der Waals surface area (Å²) in [6, 6.07) is 13.8. The quantitative estimate of drug-likeness (QED) is 0.471. The summed E-state index contributed by atoms with van der Waals surface area (Å²) >= 11 is 1.53. The summed E-state index contributed by atoms with van der Waals surface area (Å²) in [6.45, 7) is 3.94. The van der Waals surface area contributed by atoms with Gasteiger partial charge in [-0.3, -0.25) is 9.59 Å². The van der Waals surface area contributed by atoms with Crippen LogP contribution in [0.1, 0.15) is 26.7 Å². The molecule has 2 aromatic carbocycles. The molecule has 0 saturated carbocycles. The number of anilines is 2. The van der Waals surface area contributed by atoms with Crippen molar-refractivity contribution in [2.24, 2.45) is 5.92 Å². The van der Waals surface area contributed by atoms with Crippen molar-refractivity contribution in [3.8, 4) is 0 Å². The fraction of sp³-hybridized carbons (Fsp3) is 0.364. The fourth-order valence-electron chi connectivity index (χ4n) is 2.78. The van der Waals surface area contributed by atoms with Crippen molar-refractivity contribution < 1.29 is 18.0 Å². The van der Waals surface area contributed by atoms with E-state index in [0.717, 1.165) is 0 Å². The highest BCUT2D eigenvalue weighted by atomic mass is 32.2. The summed E-state index contributed by atoms with van der Waals surface area (Å²) in [7, 11) is -3.83. The Morgan fingerprint density at radius 3 is 2.06 bits per heavy atom. The molecule has 0 bridgehead atoms. The first kappa shape index (κ1) is 24.9. The number of benzene rings is 2. The van der Waals surface area contributed by atoms with Gasteiger partial charge in [-0.15, -0.1) is 0 Å². The lowest BCUT2D eigenvalue weighted by molar-refractivity contribution is -0.118. The van der Waals surface area contributed by atoms with E-state index in [9.17, 15) is 18.0 Å². The largest absolute Gasteiger partial charge is 0.326 e. The predicted molar refractivity (Wildman–Crippen MR) is 127 cm³/mol. The van der Waals surface area contributed by atoms with Gasteiger partial charge in [0.2, 0.25) is 21.8 Å². The number of carbonyl (C=O) groups is 2. The van der Waals surface area contributed by atoms with Crippen LogP contribution in [0, 0.1) is 5.92 Å². The molecule has 0 aliphatic rings. The van der Waals surface area contributed by atoms with Gasteiger partial charge < -0.3 is 10.6 Å². The van der Waals surface area contributed by atoms with Crippen LogP contribution >= 0.6 is 11.8 Å². The molecular weight excluding hydrogens is 434 g/mol. The Morgan fingerprint density at radius 2 is 1.52 bits per heavy atom. The number of sulfonamides is 1. The Balaban J connectivity index is 2.05. The second-order valence-electron chi connectivity index (χ2n) is 7.48. The van der Waals surface area contributed by atoms with E-state index in [4.69, 9.17) is 0 Å². The first-order valence-corrected chi connectivity index (χ1v) is 12.9. The first-order valence-electron chi connectivity index (χ1n) is 9.98. The monoisotopic (exact) mass is 463 g/mol. The minimum Gasteiger partial charge on any atom is -0.326 e. The van der Waals surface area contributed by atoms with Gasteiger partial charge in [0.1, 0.15) is 6.04 Å². The van der Waals surface area contributed by atoms with Crippen molar-refractivity contribution in [1.29, 1.82) is 0 Å². The van der Waals surface area contributed by atoms with E-state index in [1.807, 2.05) is 20.1 Å². The molecule has 0 heterocycles. The Hall–Kier alpha value is -2.36. The second kappa shape index (κ2) is 11.9. The molecule has 0 spiro atoms. The average molecular weight is 464 g/mol. The number of hydrogen-bond acceptors (Lipinski definition) is 5. The molecule has 0 aliphatic heterocycles. The lowest BCUT2D eigenvalue weighted by Crippen LogP contribution is -2.44. The predicted octanol–water partition coefficient (Wildman–Crippen LogP) is 3.71. The number of thioether (sulfide) groups is 1. The van der Waals surface area contributed by atoms with Gasteiger partial charge in [-0.25, -0.2) is 8.42 Å². The van der Waals surface area contributed by atoms with Crippen molar-refractivity contribution in [2.75, 3.05) is 22.6 Å². The van der Waals surface area contributed by atoms with Crippen LogP contribution in [0.25, 0.3) is 0 Å². The highest BCUT2D eigenvalue weighted by molar-refractivity contribution is 7.98. The van der Waals surface area contributed by atoms with Crippen LogP contribution in [-0.2, 0) is 19.6 Å². The highest BCUT2D eigenvalue weighted by Crippen LogP contribution is 2.16. The van der Waals surface area contributed by atoms with Gasteiger partial charge in [0, 0.05) is 17.8 Å². The van der Waals surface area contributed by atoms with Crippen molar-refractivity contribution in [3.63, 3.8) is 0 Å². The lowest BCUT2D eigenvalue weighted by Gasteiger charge is -2.18. The third-order valence-corrected chi connectivity index (χ3v) is 6.44. The van der Waals surface area contributed by atoms with Gasteiger partial charge in [0.25, 0.3) is 0 Å². The molecule has 2 rings (SSSR count). The number of carbonyl (C=O) groups excluding carboxylic acids is 2. The number of rotatable bonds is 11. The normalized spacial score (nSPS) is 12.4. The fourth-order valence-corrected chi connectivity index (χ4v) is 4.51. The van der Waals surface area contributed by atoms with Crippen molar-refractivity contribution >= 4 is 45.0 Å². The van der Waals surface area contributed by atoms with Gasteiger partial charge in [-0.2, -0.15) is 16.5 Å². The molecule has 7 nitrogen and oxygen atoms in total. The zero-order valence-electron chi connectivity index (χ0n) is 17.9. The number of hydrogen-bond donors (Lipinski definition) is 3. The first-order chi connectivity index (χ1) is 14.7. The molecule has 0 fully saturated rings. The molecule has 2 aromatic rings. The van der Waals surface area contributed by atoms with E-state index in [1.165, 1.54) is 23.9 Å². The molecule has 0 saturated heterocycles. The summed E-state index contributed by atoms with van der Waals surface area (Å²) in [4.78, 5) is 24.8. The molecular formula is C22H29N3O4S2. The lowest BCUT2D eigenvalue weighted by atomic mass is 10.1. The molecule has 31 heavy (non-hydrogen) atoms. The molecule has 3 N–H and O–H groups in total. The van der Waals surface area contributed by atoms with Gasteiger partial charge in [0.15, 0.2) is 0 Å². The van der Waals surface area contributed by atoms with Gasteiger partial charge in [-0.05, 0) is 60.7 Å². The van der Waals surface area contributed by atoms with E-state index < -0.39 is 22.0 Å². The van der Waals surface area contributed by atoms with Crippen LogP contribution in [0.15, 0.2) is 59.5 Å². The zero-order chi connectivity index (χ0) is 22.9. The SMILES string of the molecule is CSCCC(NS(=O)(=O)c1ccccc1)C(=O)Nc1ccc(NC(=O)CC(C)C)cc1. The smallest absolute Gasteiger partial charge is 0.242 e. The van der Waals surface area contributed by atoms with E-state index in [-0.39, 0.29) is 16.7 Å². The Labute approximate surface area is 188 Å². The molecule has 0 aliphatic carbocycles. The summed E-state index contributed by atoms with van der Waals surface area (Å²) in [5, 5.41) is 5.56. The Kier molecular flexibility index (Phi) is 9.54. The molecule has 0 radical (unpaired) electrons. The topological polar surface area (TPSA) is 104 Å². The van der Waals surface area contributed by atoms with Crippen LogP contribution in [0.4, 0.5) is 11.4 Å². The molecule has 168 valence electrons. The minimum absolute atomic E-state index is 0.0702. The molecule has 1 unspecified atom stereocenters. The van der Waals surface area contributed by atoms with Crippen molar-refractivity contribution in [2.45, 2.75) is 37.6 Å². The highest BCUT2D eigenvalue weighted by Gasteiger charge is 2.25. The number of nitrogens with one attached hydrogen (secondary N) is 3. The van der Waals surface area contributed by atoms with Crippen LogP contribution in [0.2, 0.25) is 0 Å². The summed E-state index contributed by atoms with van der Waals surface area (Å²) in [5.74, 6) is 0.372. The van der Waals surface area contributed by atoms with Crippen LogP contribution < -0.4 is 15.4 Å². The zero-order valence-corrected chi connectivity index (χ0v) is 19.6. The van der Waals surface area contributed by atoms with Crippen molar-refractivity contribution in [1.82, 2.24) is 4.72 Å². The third-order valence-electron chi connectivity index (χ3n) is 4.31. The van der Waals surface area contributed by atoms with E-state index in [0.29, 0.717) is 30.0 Å². The molecule has 0 aromatic heterocycles. The van der Waals surface area contributed by atoms with Gasteiger partial charge in [-0.1, -0.05) is 32.0 Å². The maximum Gasteiger partial charge on any atom is 0.242 e. The summed E-state index contributed by atoms with van der Waals surface area (Å²) in [6.07, 6.45) is 2.67. The third kappa shape index (κ3) is 8.35.